The van der Waals surface area contributed by atoms with Crippen molar-refractivity contribution in [2.45, 2.75) is 23.9 Å². The molecule has 2 atom stereocenters. The van der Waals surface area contributed by atoms with Crippen molar-refractivity contribution in [3.8, 4) is 0 Å². The van der Waals surface area contributed by atoms with Crippen LogP contribution in [0, 0.1) is 0 Å². The fourth-order valence-corrected chi connectivity index (χ4v) is 9.25. The molecular weight excluding hydrogens is 715 g/mol. The van der Waals surface area contributed by atoms with Gasteiger partial charge in [0.25, 0.3) is 21.5 Å². The van der Waals surface area contributed by atoms with Gasteiger partial charge in [0.15, 0.2) is 0 Å². The van der Waals surface area contributed by atoms with E-state index in [4.69, 9.17) is 23.2 Å². The normalized spacial score (nSPS) is 18.3. The van der Waals surface area contributed by atoms with Gasteiger partial charge in [-0.25, -0.2) is 25.9 Å². The number of piperazine rings is 1. The van der Waals surface area contributed by atoms with E-state index >= 15 is 0 Å². The Labute approximate surface area is 292 Å². The molecule has 2 aliphatic heterocycles. The van der Waals surface area contributed by atoms with Gasteiger partial charge in [-0.2, -0.15) is 4.31 Å². The molecule has 1 saturated heterocycles. The lowest BCUT2D eigenvalue weighted by Crippen LogP contribution is -2.51. The first-order valence-corrected chi connectivity index (χ1v) is 19.0. The van der Waals surface area contributed by atoms with Crippen LogP contribution in [0.1, 0.15) is 50.9 Å². The molecule has 0 unspecified atom stereocenters. The van der Waals surface area contributed by atoms with Crippen LogP contribution in [0.4, 0.5) is 5.82 Å². The molecule has 3 heterocycles. The standard InChI is InChI=1S/C33H30Cl2N4O8S2/c1-2-48(44,45)37-18-16-36(17-19-37)31(40)27-14-15-28-38(32(27)41)29(21-6-10-24(34)11-7-21)30(22-8-12-25(35)13-9-22)39(28)49(46,47)26-5-3-4-23(20-26)33(42)43/h3-15,20,29-30H,2,16-19H2,1H3,(H,42,43)/t29-,30+/m0/s1. The number of carbonyl (C=O) groups excluding carboxylic acids is 1. The molecule has 0 bridgehead atoms. The van der Waals surface area contributed by atoms with Crippen molar-refractivity contribution in [2.24, 2.45) is 0 Å². The van der Waals surface area contributed by atoms with Gasteiger partial charge in [0, 0.05) is 36.2 Å². The van der Waals surface area contributed by atoms with E-state index in [9.17, 15) is 36.3 Å². The van der Waals surface area contributed by atoms with Crippen LogP contribution in [0.2, 0.25) is 10.0 Å². The fraction of sp³-hybridized carbons (Fsp3) is 0.242. The summed E-state index contributed by atoms with van der Waals surface area (Å²) < 4.78 is 57.6. The number of amides is 1. The summed E-state index contributed by atoms with van der Waals surface area (Å²) in [7, 11) is -8.03. The summed E-state index contributed by atoms with van der Waals surface area (Å²) in [6.07, 6.45) is 0. The quantitative estimate of drug-likeness (QED) is 0.277. The molecule has 0 radical (unpaired) electrons. The minimum Gasteiger partial charge on any atom is -0.478 e. The Kier molecular flexibility index (Phi) is 9.37. The number of carbonyl (C=O) groups is 2. The van der Waals surface area contributed by atoms with Crippen LogP contribution in [0.15, 0.2) is 94.6 Å². The minimum absolute atomic E-state index is 0.0546. The highest BCUT2D eigenvalue weighted by Crippen LogP contribution is 2.49. The molecule has 2 aliphatic rings. The van der Waals surface area contributed by atoms with E-state index in [1.165, 1.54) is 44.1 Å². The Morgan fingerprint density at radius 1 is 0.796 bits per heavy atom. The summed E-state index contributed by atoms with van der Waals surface area (Å²) in [4.78, 5) is 41.2. The summed E-state index contributed by atoms with van der Waals surface area (Å²) in [5, 5.41) is 10.4. The number of nitrogens with zero attached hydrogens (tertiary/aromatic N) is 4. The maximum atomic E-state index is 14.6. The van der Waals surface area contributed by atoms with Crippen LogP contribution < -0.4 is 9.86 Å². The SMILES string of the molecule is CCS(=O)(=O)N1CCN(C(=O)c2ccc3n(c2=O)[C@@H](c2ccc(Cl)cc2)[C@@H](c2ccc(Cl)cc2)N3S(=O)(=O)c2cccc(C(=O)O)c2)CC1. The molecule has 3 aromatic carbocycles. The second-order valence-electron chi connectivity index (χ2n) is 11.5. The van der Waals surface area contributed by atoms with Crippen molar-refractivity contribution in [3.05, 3.63) is 128 Å². The first-order chi connectivity index (χ1) is 23.2. The maximum Gasteiger partial charge on any atom is 0.335 e. The van der Waals surface area contributed by atoms with Gasteiger partial charge in [-0.05, 0) is 72.6 Å². The van der Waals surface area contributed by atoms with E-state index in [-0.39, 0.29) is 53.8 Å². The number of pyridine rings is 1. The zero-order valence-corrected chi connectivity index (χ0v) is 29.1. The number of benzene rings is 3. The molecule has 4 aromatic rings. The van der Waals surface area contributed by atoms with Gasteiger partial charge in [-0.15, -0.1) is 0 Å². The predicted molar refractivity (Wildman–Crippen MR) is 184 cm³/mol. The van der Waals surface area contributed by atoms with Crippen molar-refractivity contribution in [1.29, 1.82) is 0 Å². The number of carboxylic acid groups (broad SMARTS) is 1. The zero-order chi connectivity index (χ0) is 35.2. The third kappa shape index (κ3) is 6.34. The van der Waals surface area contributed by atoms with Gasteiger partial charge < -0.3 is 10.0 Å². The van der Waals surface area contributed by atoms with Gasteiger partial charge in [0.2, 0.25) is 10.0 Å². The third-order valence-corrected chi connectivity index (χ3v) is 12.9. The molecule has 6 rings (SSSR count). The molecule has 49 heavy (non-hydrogen) atoms. The number of aromatic nitrogens is 1. The number of sulfonamides is 2. The Bertz CT molecular complexity index is 2220. The lowest BCUT2D eigenvalue weighted by atomic mass is 9.94. The average Bonchev–Trinajstić information content (AvgIpc) is 3.46. The van der Waals surface area contributed by atoms with E-state index in [1.54, 1.807) is 55.5 Å². The van der Waals surface area contributed by atoms with Crippen molar-refractivity contribution in [3.63, 3.8) is 0 Å². The van der Waals surface area contributed by atoms with Crippen LogP contribution >= 0.6 is 23.2 Å². The van der Waals surface area contributed by atoms with E-state index in [2.05, 4.69) is 0 Å². The lowest BCUT2D eigenvalue weighted by Gasteiger charge is -2.33. The van der Waals surface area contributed by atoms with Gasteiger partial charge in [-0.1, -0.05) is 53.5 Å². The van der Waals surface area contributed by atoms with Gasteiger partial charge in [0.05, 0.1) is 28.3 Å². The Hall–Kier alpha value is -4.21. The number of hydrogen-bond acceptors (Lipinski definition) is 7. The monoisotopic (exact) mass is 744 g/mol. The first-order valence-electron chi connectivity index (χ1n) is 15.2. The van der Waals surface area contributed by atoms with Gasteiger partial charge in [0.1, 0.15) is 11.4 Å². The highest BCUT2D eigenvalue weighted by molar-refractivity contribution is 7.92. The smallest absolute Gasteiger partial charge is 0.335 e. The molecule has 256 valence electrons. The second kappa shape index (κ2) is 13.2. The van der Waals surface area contributed by atoms with Crippen LogP contribution in [0.25, 0.3) is 0 Å². The van der Waals surface area contributed by atoms with Crippen molar-refractivity contribution in [2.75, 3.05) is 36.2 Å². The van der Waals surface area contributed by atoms with E-state index < -0.39 is 49.6 Å². The summed E-state index contributed by atoms with van der Waals surface area (Å²) in [5.41, 5.74) is -0.263. The Morgan fingerprint density at radius 3 is 1.92 bits per heavy atom. The molecule has 1 fully saturated rings. The summed E-state index contributed by atoms with van der Waals surface area (Å²) in [6, 6.07) is 18.4. The number of fused-ring (bicyclic) bond motifs is 1. The number of carboxylic acids is 1. The molecular formula is C33H30Cl2N4O8S2. The number of halogens is 2. The number of anilines is 1. The summed E-state index contributed by atoms with van der Waals surface area (Å²) in [6.45, 7) is 1.81. The van der Waals surface area contributed by atoms with Gasteiger partial charge >= 0.3 is 5.97 Å². The van der Waals surface area contributed by atoms with Crippen LogP contribution in [0.5, 0.6) is 0 Å². The molecule has 16 heteroatoms. The summed E-state index contributed by atoms with van der Waals surface area (Å²) >= 11 is 12.4. The molecule has 1 aromatic heterocycles. The Balaban J connectivity index is 1.54. The van der Waals surface area contributed by atoms with Crippen LogP contribution in [0.3, 0.4) is 0 Å². The van der Waals surface area contributed by atoms with Gasteiger partial charge in [-0.3, -0.25) is 14.2 Å². The second-order valence-corrected chi connectivity index (χ2v) is 16.4. The lowest BCUT2D eigenvalue weighted by molar-refractivity contribution is 0.0688. The number of hydrogen-bond donors (Lipinski definition) is 1. The van der Waals surface area contributed by atoms with Crippen molar-refractivity contribution >= 4 is 60.9 Å². The topological polar surface area (TPSA) is 154 Å². The molecule has 1 N–H and O–H groups in total. The third-order valence-electron chi connectivity index (χ3n) is 8.73. The zero-order valence-electron chi connectivity index (χ0n) is 25.9. The molecule has 0 spiro atoms. The number of aromatic carboxylic acids is 1. The first kappa shape index (κ1) is 34.6. The van der Waals surface area contributed by atoms with Crippen molar-refractivity contribution in [1.82, 2.24) is 13.8 Å². The van der Waals surface area contributed by atoms with Crippen LogP contribution in [-0.2, 0) is 20.0 Å². The maximum absolute atomic E-state index is 14.6. The highest BCUT2D eigenvalue weighted by atomic mass is 35.5. The minimum atomic E-state index is -4.56. The Morgan fingerprint density at radius 2 is 1.37 bits per heavy atom. The molecule has 12 nitrogen and oxygen atoms in total. The molecule has 0 aliphatic carbocycles. The van der Waals surface area contributed by atoms with E-state index in [1.807, 2.05) is 0 Å². The average molecular weight is 746 g/mol. The van der Waals surface area contributed by atoms with E-state index in [0.717, 1.165) is 10.4 Å². The fourth-order valence-electron chi connectivity index (χ4n) is 6.23. The van der Waals surface area contributed by atoms with Crippen LogP contribution in [-0.4, -0.2) is 79.5 Å². The van der Waals surface area contributed by atoms with Crippen molar-refractivity contribution < 1.29 is 31.5 Å². The number of rotatable bonds is 8. The molecule has 0 saturated carbocycles. The largest absolute Gasteiger partial charge is 0.478 e. The van der Waals surface area contributed by atoms with E-state index in [0.29, 0.717) is 21.2 Å². The predicted octanol–water partition coefficient (Wildman–Crippen LogP) is 4.50. The molecule has 1 amide bonds. The summed E-state index contributed by atoms with van der Waals surface area (Å²) in [5.74, 6) is -2.07. The highest BCUT2D eigenvalue weighted by Gasteiger charge is 2.48.